The highest BCUT2D eigenvalue weighted by atomic mass is 32.2. The Bertz CT molecular complexity index is 798. The van der Waals surface area contributed by atoms with Gasteiger partial charge >= 0.3 is 0 Å². The number of ether oxygens (including phenoxy) is 1. The summed E-state index contributed by atoms with van der Waals surface area (Å²) < 4.78 is 5.52. The maximum atomic E-state index is 12.9. The standard InChI is InChI=1S/C20H21NO3S2/c1-14(2)24-11-10-21-19(22)17(16-9-6-12-25-16)18(20(21)23)26-13-15-7-4-3-5-8-15/h3-9,12,14H,10-11,13H2,1-2H3. The van der Waals surface area contributed by atoms with E-state index >= 15 is 0 Å². The van der Waals surface area contributed by atoms with Crippen molar-refractivity contribution in [2.45, 2.75) is 25.7 Å². The highest BCUT2D eigenvalue weighted by Gasteiger charge is 2.39. The Kier molecular flexibility index (Phi) is 6.29. The van der Waals surface area contributed by atoms with Gasteiger partial charge in [-0.25, -0.2) is 0 Å². The maximum Gasteiger partial charge on any atom is 0.268 e. The van der Waals surface area contributed by atoms with Gasteiger partial charge in [0.25, 0.3) is 11.8 Å². The molecule has 1 aromatic carbocycles. The second-order valence-corrected chi connectivity index (χ2v) is 8.07. The fraction of sp³-hybridized carbons (Fsp3) is 0.300. The molecule has 3 rings (SSSR count). The Balaban J connectivity index is 1.81. The molecule has 0 bridgehead atoms. The first-order chi connectivity index (χ1) is 12.6. The predicted octanol–water partition coefficient (Wildman–Crippen LogP) is 4.19. The first-order valence-electron chi connectivity index (χ1n) is 8.50. The zero-order chi connectivity index (χ0) is 18.5. The van der Waals surface area contributed by atoms with Gasteiger partial charge in [0.15, 0.2) is 0 Å². The molecule has 0 aliphatic carbocycles. The maximum absolute atomic E-state index is 12.9. The third-order valence-corrected chi connectivity index (χ3v) is 5.92. The molecule has 0 saturated carbocycles. The van der Waals surface area contributed by atoms with Crippen molar-refractivity contribution in [3.63, 3.8) is 0 Å². The minimum absolute atomic E-state index is 0.0689. The zero-order valence-electron chi connectivity index (χ0n) is 14.8. The molecule has 0 saturated heterocycles. The number of hydrogen-bond acceptors (Lipinski definition) is 5. The molecule has 0 atom stereocenters. The number of benzene rings is 1. The van der Waals surface area contributed by atoms with Crippen molar-refractivity contribution >= 4 is 40.5 Å². The first kappa shape index (κ1) is 18.9. The van der Waals surface area contributed by atoms with Crippen LogP contribution in [0.2, 0.25) is 0 Å². The summed E-state index contributed by atoms with van der Waals surface area (Å²) in [6.07, 6.45) is 0.0689. The summed E-state index contributed by atoms with van der Waals surface area (Å²) in [5.74, 6) is 0.215. The van der Waals surface area contributed by atoms with Crippen LogP contribution in [0.25, 0.3) is 5.57 Å². The van der Waals surface area contributed by atoms with E-state index in [0.717, 1.165) is 10.4 Å². The number of thiophene rings is 1. The van der Waals surface area contributed by atoms with E-state index < -0.39 is 0 Å². The fourth-order valence-electron chi connectivity index (χ4n) is 2.64. The highest BCUT2D eigenvalue weighted by Crippen LogP contribution is 2.38. The van der Waals surface area contributed by atoms with E-state index in [1.165, 1.54) is 28.0 Å². The van der Waals surface area contributed by atoms with Crippen molar-refractivity contribution in [2.24, 2.45) is 0 Å². The smallest absolute Gasteiger partial charge is 0.268 e. The minimum atomic E-state index is -0.222. The van der Waals surface area contributed by atoms with Gasteiger partial charge < -0.3 is 4.74 Å². The monoisotopic (exact) mass is 387 g/mol. The van der Waals surface area contributed by atoms with Gasteiger partial charge in [0.05, 0.1) is 29.7 Å². The Morgan fingerprint density at radius 1 is 1.08 bits per heavy atom. The molecule has 6 heteroatoms. The van der Waals surface area contributed by atoms with Crippen LogP contribution in [0.3, 0.4) is 0 Å². The Labute approximate surface area is 161 Å². The molecule has 0 unspecified atom stereocenters. The lowest BCUT2D eigenvalue weighted by atomic mass is 10.2. The van der Waals surface area contributed by atoms with Gasteiger partial charge in [-0.1, -0.05) is 36.4 Å². The average molecular weight is 388 g/mol. The van der Waals surface area contributed by atoms with E-state index in [1.807, 2.05) is 61.7 Å². The molecule has 1 aliphatic heterocycles. The molecule has 2 amide bonds. The van der Waals surface area contributed by atoms with Crippen LogP contribution in [-0.2, 0) is 20.1 Å². The molecular formula is C20H21NO3S2. The number of thioether (sulfide) groups is 1. The number of carbonyl (C=O) groups is 2. The third-order valence-electron chi connectivity index (χ3n) is 3.89. The fourth-order valence-corrected chi connectivity index (χ4v) is 4.55. The first-order valence-corrected chi connectivity index (χ1v) is 10.4. The molecule has 26 heavy (non-hydrogen) atoms. The van der Waals surface area contributed by atoms with Crippen LogP contribution in [0.1, 0.15) is 24.3 Å². The lowest BCUT2D eigenvalue weighted by molar-refractivity contribution is -0.137. The minimum Gasteiger partial charge on any atom is -0.377 e. The van der Waals surface area contributed by atoms with E-state index in [0.29, 0.717) is 22.8 Å². The van der Waals surface area contributed by atoms with Gasteiger partial charge in [-0.05, 0) is 30.9 Å². The largest absolute Gasteiger partial charge is 0.377 e. The molecule has 0 N–H and O–H groups in total. The Morgan fingerprint density at radius 3 is 2.50 bits per heavy atom. The molecule has 0 radical (unpaired) electrons. The molecule has 1 aromatic heterocycles. The van der Waals surface area contributed by atoms with Crippen LogP contribution < -0.4 is 0 Å². The van der Waals surface area contributed by atoms with Crippen LogP contribution in [0, 0.1) is 0 Å². The summed E-state index contributed by atoms with van der Waals surface area (Å²) in [5, 5.41) is 1.92. The van der Waals surface area contributed by atoms with Crippen LogP contribution in [-0.4, -0.2) is 36.0 Å². The summed E-state index contributed by atoms with van der Waals surface area (Å²) in [6.45, 7) is 4.50. The molecule has 4 nitrogen and oxygen atoms in total. The average Bonchev–Trinajstić information content (AvgIpc) is 3.22. The Morgan fingerprint density at radius 2 is 1.85 bits per heavy atom. The zero-order valence-corrected chi connectivity index (χ0v) is 16.4. The van der Waals surface area contributed by atoms with Gasteiger partial charge in [0, 0.05) is 10.6 Å². The second-order valence-electron chi connectivity index (χ2n) is 6.14. The second kappa shape index (κ2) is 8.66. The molecule has 0 spiro atoms. The normalized spacial score (nSPS) is 14.8. The molecule has 136 valence electrons. The number of hydrogen-bond donors (Lipinski definition) is 0. The molecule has 2 heterocycles. The summed E-state index contributed by atoms with van der Waals surface area (Å²) in [6, 6.07) is 13.7. The van der Waals surface area contributed by atoms with Crippen LogP contribution >= 0.6 is 23.1 Å². The van der Waals surface area contributed by atoms with Gasteiger partial charge in [-0.2, -0.15) is 0 Å². The van der Waals surface area contributed by atoms with E-state index in [9.17, 15) is 9.59 Å². The predicted molar refractivity (Wildman–Crippen MR) is 107 cm³/mol. The SMILES string of the molecule is CC(C)OCCN1C(=O)C(SCc2ccccc2)=C(c2cccs2)C1=O. The molecule has 2 aromatic rings. The lowest BCUT2D eigenvalue weighted by Crippen LogP contribution is -2.35. The van der Waals surface area contributed by atoms with E-state index in [2.05, 4.69) is 0 Å². The lowest BCUT2D eigenvalue weighted by Gasteiger charge is -2.16. The topological polar surface area (TPSA) is 46.6 Å². The molecule has 1 aliphatic rings. The van der Waals surface area contributed by atoms with Gasteiger partial charge in [-0.3, -0.25) is 14.5 Å². The van der Waals surface area contributed by atoms with Crippen molar-refractivity contribution in [3.8, 4) is 0 Å². The van der Waals surface area contributed by atoms with Crippen molar-refractivity contribution in [1.29, 1.82) is 0 Å². The molecule has 0 fully saturated rings. The highest BCUT2D eigenvalue weighted by molar-refractivity contribution is 8.03. The quantitative estimate of drug-likeness (QED) is 0.637. The van der Waals surface area contributed by atoms with Crippen molar-refractivity contribution in [2.75, 3.05) is 13.2 Å². The van der Waals surface area contributed by atoms with E-state index in [4.69, 9.17) is 4.74 Å². The summed E-state index contributed by atoms with van der Waals surface area (Å²) >= 11 is 2.91. The number of rotatable bonds is 8. The number of nitrogens with zero attached hydrogens (tertiary/aromatic N) is 1. The molecular weight excluding hydrogens is 366 g/mol. The van der Waals surface area contributed by atoms with E-state index in [-0.39, 0.29) is 24.5 Å². The van der Waals surface area contributed by atoms with Gasteiger partial charge in [0.1, 0.15) is 0 Å². The summed E-state index contributed by atoms with van der Waals surface area (Å²) in [7, 11) is 0. The third kappa shape index (κ3) is 4.26. The van der Waals surface area contributed by atoms with Crippen molar-refractivity contribution in [1.82, 2.24) is 4.90 Å². The number of imide groups is 1. The van der Waals surface area contributed by atoms with Crippen LogP contribution in [0.5, 0.6) is 0 Å². The van der Waals surface area contributed by atoms with Crippen molar-refractivity contribution in [3.05, 3.63) is 63.2 Å². The van der Waals surface area contributed by atoms with Crippen LogP contribution in [0.15, 0.2) is 52.7 Å². The van der Waals surface area contributed by atoms with Gasteiger partial charge in [-0.15, -0.1) is 23.1 Å². The van der Waals surface area contributed by atoms with E-state index in [1.54, 1.807) is 0 Å². The summed E-state index contributed by atoms with van der Waals surface area (Å²) in [5.41, 5.74) is 1.65. The number of carbonyl (C=O) groups excluding carboxylic acids is 2. The van der Waals surface area contributed by atoms with Gasteiger partial charge in [0.2, 0.25) is 0 Å². The van der Waals surface area contributed by atoms with Crippen molar-refractivity contribution < 1.29 is 14.3 Å². The Hall–Kier alpha value is -1.89. The summed E-state index contributed by atoms with van der Waals surface area (Å²) in [4.78, 5) is 28.5. The van der Waals surface area contributed by atoms with Crippen LogP contribution in [0.4, 0.5) is 0 Å². The number of amides is 2.